The fourth-order valence-corrected chi connectivity index (χ4v) is 3.14. The van der Waals surface area contributed by atoms with Gasteiger partial charge in [0.05, 0.1) is 39.1 Å². The van der Waals surface area contributed by atoms with Crippen LogP contribution in [-0.2, 0) is 43.4 Å². The van der Waals surface area contributed by atoms with E-state index in [1.165, 1.54) is 0 Å². The number of rotatable bonds is 16. The molecule has 0 aliphatic heterocycles. The summed E-state index contributed by atoms with van der Waals surface area (Å²) in [6, 6.07) is 0. The third kappa shape index (κ3) is 10.00. The van der Waals surface area contributed by atoms with E-state index in [4.69, 9.17) is 14.2 Å². The Hall–Kier alpha value is -1.68. The van der Waals surface area contributed by atoms with Crippen molar-refractivity contribution in [2.24, 2.45) is 0 Å². The lowest BCUT2D eigenvalue weighted by atomic mass is 10.5. The molecule has 0 saturated carbocycles. The molecule has 1 heterocycles. The van der Waals surface area contributed by atoms with E-state index < -0.39 is 35.3 Å². The van der Waals surface area contributed by atoms with Crippen LogP contribution in [0.25, 0.3) is 0 Å². The van der Waals surface area contributed by atoms with Gasteiger partial charge in [-0.3, -0.25) is 9.59 Å². The number of carbonyl (C=O) groups is 2. The molecule has 1 atom stereocenters. The standard InChI is InChI=1S/C18H29N3O9S3/c22-13(1-10-31)28-7-4-19-16(25)20(5-8-29-14(23)2-11-32)18(27)21(17(19)26)6-9-30-15(24)3-12-33/h13,22,31-33H,1-12H2/t13-/m1/s1. The van der Waals surface area contributed by atoms with Gasteiger partial charge in [0, 0.05) is 17.9 Å². The smallest absolute Gasteiger partial charge is 0.336 e. The summed E-state index contributed by atoms with van der Waals surface area (Å²) in [4.78, 5) is 61.3. The predicted molar refractivity (Wildman–Crippen MR) is 129 cm³/mol. The van der Waals surface area contributed by atoms with Gasteiger partial charge < -0.3 is 19.3 Å². The topological polar surface area (TPSA) is 148 Å². The van der Waals surface area contributed by atoms with Crippen molar-refractivity contribution in [2.45, 2.75) is 45.2 Å². The number of hydrogen-bond donors (Lipinski definition) is 4. The summed E-state index contributed by atoms with van der Waals surface area (Å²) in [5.41, 5.74) is -2.79. The predicted octanol–water partition coefficient (Wildman–Crippen LogP) is -1.45. The molecule has 0 radical (unpaired) electrons. The quantitative estimate of drug-likeness (QED) is 0.115. The Labute approximate surface area is 206 Å². The number of carbonyl (C=O) groups excluding carboxylic acids is 2. The molecule has 0 amide bonds. The van der Waals surface area contributed by atoms with Crippen molar-refractivity contribution in [3.8, 4) is 0 Å². The number of hydrogen-bond acceptors (Lipinski definition) is 12. The van der Waals surface area contributed by atoms with E-state index in [-0.39, 0.29) is 70.2 Å². The minimum absolute atomic E-state index is 0.0609. The van der Waals surface area contributed by atoms with Gasteiger partial charge in [0.2, 0.25) is 0 Å². The van der Waals surface area contributed by atoms with Crippen LogP contribution in [0, 0.1) is 0 Å². The summed E-state index contributed by atoms with van der Waals surface area (Å²) in [7, 11) is 0. The van der Waals surface area contributed by atoms with Crippen molar-refractivity contribution in [1.29, 1.82) is 0 Å². The summed E-state index contributed by atoms with van der Waals surface area (Å²) in [5, 5.41) is 9.64. The van der Waals surface area contributed by atoms with Crippen LogP contribution in [0.5, 0.6) is 0 Å². The van der Waals surface area contributed by atoms with Gasteiger partial charge >= 0.3 is 29.0 Å². The summed E-state index contributed by atoms with van der Waals surface area (Å²) < 4.78 is 17.3. The highest BCUT2D eigenvalue weighted by molar-refractivity contribution is 7.80. The van der Waals surface area contributed by atoms with Crippen LogP contribution >= 0.6 is 37.9 Å². The molecule has 1 aromatic rings. The molecule has 33 heavy (non-hydrogen) atoms. The van der Waals surface area contributed by atoms with E-state index in [0.29, 0.717) is 5.75 Å². The molecular formula is C18H29N3O9S3. The SMILES string of the molecule is O=C(CCS)OCCn1c(=O)n(CCOC(=O)CCS)c(=O)n(CCO[C@@H](O)CCS)c1=O. The third-order valence-electron chi connectivity index (χ3n) is 4.17. The largest absolute Gasteiger partial charge is 0.464 e. The summed E-state index contributed by atoms with van der Waals surface area (Å²) in [6.07, 6.45) is -0.753. The first-order valence-corrected chi connectivity index (χ1v) is 12.0. The first kappa shape index (κ1) is 29.4. The Morgan fingerprint density at radius 3 is 1.48 bits per heavy atom. The van der Waals surface area contributed by atoms with E-state index in [9.17, 15) is 29.1 Å². The first-order valence-electron chi connectivity index (χ1n) is 10.1. The second-order valence-electron chi connectivity index (χ2n) is 6.53. The Morgan fingerprint density at radius 2 is 1.12 bits per heavy atom. The third-order valence-corrected chi connectivity index (χ3v) is 4.88. The monoisotopic (exact) mass is 527 g/mol. The van der Waals surface area contributed by atoms with E-state index in [0.717, 1.165) is 13.7 Å². The number of nitrogens with zero attached hydrogens (tertiary/aromatic N) is 3. The number of aliphatic hydroxyl groups excluding tert-OH is 1. The van der Waals surface area contributed by atoms with Gasteiger partial charge in [-0.25, -0.2) is 28.1 Å². The van der Waals surface area contributed by atoms with E-state index in [2.05, 4.69) is 37.9 Å². The highest BCUT2D eigenvalue weighted by Crippen LogP contribution is 1.96. The minimum atomic E-state index is -1.12. The average molecular weight is 528 g/mol. The Bertz CT molecular complexity index is 883. The van der Waals surface area contributed by atoms with Gasteiger partial charge in [-0.05, 0) is 5.75 Å². The fourth-order valence-electron chi connectivity index (χ4n) is 2.56. The van der Waals surface area contributed by atoms with Crippen molar-refractivity contribution in [3.63, 3.8) is 0 Å². The molecule has 0 saturated heterocycles. The highest BCUT2D eigenvalue weighted by Gasteiger charge is 2.17. The molecule has 0 aromatic carbocycles. The number of esters is 2. The van der Waals surface area contributed by atoms with Gasteiger partial charge in [0.1, 0.15) is 13.2 Å². The highest BCUT2D eigenvalue weighted by atomic mass is 32.1. The first-order chi connectivity index (χ1) is 15.8. The molecule has 0 aliphatic carbocycles. The zero-order valence-corrected chi connectivity index (χ0v) is 20.6. The molecule has 0 unspecified atom stereocenters. The van der Waals surface area contributed by atoms with Crippen molar-refractivity contribution in [1.82, 2.24) is 13.7 Å². The van der Waals surface area contributed by atoms with Crippen molar-refractivity contribution < 1.29 is 28.9 Å². The number of ether oxygens (including phenoxy) is 3. The van der Waals surface area contributed by atoms with Gasteiger partial charge in [-0.1, -0.05) is 0 Å². The number of aliphatic hydroxyl groups is 1. The van der Waals surface area contributed by atoms with Crippen LogP contribution in [0.3, 0.4) is 0 Å². The minimum Gasteiger partial charge on any atom is -0.464 e. The van der Waals surface area contributed by atoms with Crippen LogP contribution in [0.15, 0.2) is 14.4 Å². The zero-order chi connectivity index (χ0) is 24.8. The molecule has 0 aliphatic rings. The molecular weight excluding hydrogens is 498 g/mol. The number of thiol groups is 3. The average Bonchev–Trinajstić information content (AvgIpc) is 2.76. The molecule has 0 spiro atoms. The van der Waals surface area contributed by atoms with Gasteiger partial charge in [0.25, 0.3) is 0 Å². The van der Waals surface area contributed by atoms with Crippen LogP contribution in [0.1, 0.15) is 19.3 Å². The molecule has 0 fully saturated rings. The molecule has 1 rings (SSSR count). The maximum atomic E-state index is 12.8. The molecule has 188 valence electrons. The Morgan fingerprint density at radius 1 is 0.727 bits per heavy atom. The van der Waals surface area contributed by atoms with E-state index in [1.807, 2.05) is 0 Å². The van der Waals surface area contributed by atoms with E-state index in [1.54, 1.807) is 0 Å². The lowest BCUT2D eigenvalue weighted by Gasteiger charge is -2.15. The summed E-state index contributed by atoms with van der Waals surface area (Å²) in [6.45, 7) is -1.56. The van der Waals surface area contributed by atoms with Gasteiger partial charge in [-0.15, -0.1) is 0 Å². The Kier molecular flexibility index (Phi) is 14.3. The summed E-state index contributed by atoms with van der Waals surface area (Å²) >= 11 is 11.8. The second kappa shape index (κ2) is 16.0. The van der Waals surface area contributed by atoms with E-state index >= 15 is 0 Å². The fraction of sp³-hybridized carbons (Fsp3) is 0.722. The molecule has 15 heteroatoms. The van der Waals surface area contributed by atoms with Gasteiger partial charge in [0.15, 0.2) is 6.29 Å². The lowest BCUT2D eigenvalue weighted by Crippen LogP contribution is -2.55. The van der Waals surface area contributed by atoms with Crippen LogP contribution in [0.2, 0.25) is 0 Å². The van der Waals surface area contributed by atoms with Crippen molar-refractivity contribution in [2.75, 3.05) is 37.1 Å². The second-order valence-corrected chi connectivity index (χ2v) is 7.87. The van der Waals surface area contributed by atoms with Crippen LogP contribution in [-0.4, -0.2) is 74.1 Å². The summed E-state index contributed by atoms with van der Waals surface area (Å²) in [5.74, 6) is -0.164. The molecule has 1 aromatic heterocycles. The maximum Gasteiger partial charge on any atom is 0.336 e. The molecule has 0 bridgehead atoms. The van der Waals surface area contributed by atoms with Crippen molar-refractivity contribution >= 4 is 49.8 Å². The van der Waals surface area contributed by atoms with Gasteiger partial charge in [-0.2, -0.15) is 37.9 Å². The van der Waals surface area contributed by atoms with Crippen molar-refractivity contribution in [3.05, 3.63) is 31.5 Å². The molecule has 1 N–H and O–H groups in total. The van der Waals surface area contributed by atoms with Crippen LogP contribution < -0.4 is 17.1 Å². The Balaban J connectivity index is 3.12. The number of aromatic nitrogens is 3. The lowest BCUT2D eigenvalue weighted by molar-refractivity contribution is -0.144. The van der Waals surface area contributed by atoms with Crippen LogP contribution in [0.4, 0.5) is 0 Å². The normalized spacial score (nSPS) is 11.9. The zero-order valence-electron chi connectivity index (χ0n) is 18.0. The maximum absolute atomic E-state index is 12.8. The molecule has 12 nitrogen and oxygen atoms in total.